The van der Waals surface area contributed by atoms with Crippen molar-refractivity contribution >= 4 is 57.6 Å². The number of aromatic nitrogens is 4. The summed E-state index contributed by atoms with van der Waals surface area (Å²) < 4.78 is 9.65. The Morgan fingerprint density at radius 3 is 2.74 bits per heavy atom. The van der Waals surface area contributed by atoms with Crippen LogP contribution in [0.15, 0.2) is 46.6 Å². The Hall–Kier alpha value is -2.01. The quantitative estimate of drug-likeness (QED) is 0.401. The molecule has 3 aromatic heterocycles. The number of hydrogen-bond acceptors (Lipinski definition) is 7. The third-order valence-corrected chi connectivity index (χ3v) is 9.50. The van der Waals surface area contributed by atoms with Crippen LogP contribution in [-0.2, 0) is 11.5 Å². The molecular formula is C24H26Cl2N6O2S. The summed E-state index contributed by atoms with van der Waals surface area (Å²) in [6, 6.07) is 5.61. The van der Waals surface area contributed by atoms with Crippen molar-refractivity contribution in [3.8, 4) is 0 Å². The molecule has 6 rings (SSSR count). The van der Waals surface area contributed by atoms with E-state index in [2.05, 4.69) is 16.8 Å². The maximum atomic E-state index is 10.1. The lowest BCUT2D eigenvalue weighted by molar-refractivity contribution is 0.0973. The number of aliphatic hydroxyl groups excluding tert-OH is 1. The van der Waals surface area contributed by atoms with Crippen LogP contribution in [0.5, 0.6) is 0 Å². The Morgan fingerprint density at radius 2 is 2.03 bits per heavy atom. The van der Waals surface area contributed by atoms with E-state index in [1.165, 1.54) is 11.8 Å². The molecule has 2 atom stereocenters. The molecule has 8 nitrogen and oxygen atoms in total. The summed E-state index contributed by atoms with van der Waals surface area (Å²) in [6.45, 7) is 4.24. The van der Waals surface area contributed by atoms with Gasteiger partial charge in [-0.2, -0.15) is 4.98 Å². The second kappa shape index (κ2) is 8.83. The van der Waals surface area contributed by atoms with Gasteiger partial charge in [0.05, 0.1) is 28.1 Å². The smallest absolute Gasteiger partial charge is 0.213 e. The number of nitrogens with zero attached hydrogens (tertiary/aromatic N) is 5. The Bertz CT molecular complexity index is 1410. The fraction of sp³-hybridized carbons (Fsp3) is 0.417. The summed E-state index contributed by atoms with van der Waals surface area (Å²) in [5, 5.41) is 12.0. The van der Waals surface area contributed by atoms with Crippen molar-refractivity contribution in [2.24, 2.45) is 11.1 Å². The SMILES string of the molecule is C[C@@H]1OCC2(CCN(c3nc4c(c(Sc5cccc(Cl)c5Cl)cn4CO)c4nccn34)CC2)[C@@H]1N. The van der Waals surface area contributed by atoms with E-state index in [0.29, 0.717) is 15.7 Å². The number of halogens is 2. The molecule has 5 heterocycles. The predicted octanol–water partition coefficient (Wildman–Crippen LogP) is 4.42. The molecule has 35 heavy (non-hydrogen) atoms. The van der Waals surface area contributed by atoms with Gasteiger partial charge in [-0.3, -0.25) is 4.40 Å². The molecule has 0 amide bonds. The van der Waals surface area contributed by atoms with E-state index in [-0.39, 0.29) is 24.3 Å². The van der Waals surface area contributed by atoms with E-state index in [9.17, 15) is 5.11 Å². The number of hydrogen-bond donors (Lipinski definition) is 2. The number of piperidine rings is 1. The van der Waals surface area contributed by atoms with Crippen molar-refractivity contribution < 1.29 is 9.84 Å². The van der Waals surface area contributed by atoms with Crippen molar-refractivity contribution in [2.75, 3.05) is 24.6 Å². The zero-order valence-electron chi connectivity index (χ0n) is 19.2. The van der Waals surface area contributed by atoms with Crippen molar-refractivity contribution in [1.29, 1.82) is 0 Å². The van der Waals surface area contributed by atoms with Crippen LogP contribution in [0.4, 0.5) is 5.95 Å². The van der Waals surface area contributed by atoms with Crippen molar-refractivity contribution in [3.05, 3.63) is 46.8 Å². The Balaban J connectivity index is 1.40. The molecule has 2 aliphatic rings. The third kappa shape index (κ3) is 3.72. The number of rotatable bonds is 4. The van der Waals surface area contributed by atoms with Gasteiger partial charge >= 0.3 is 0 Å². The van der Waals surface area contributed by atoms with Gasteiger partial charge in [0, 0.05) is 52.9 Å². The molecule has 1 spiro atoms. The Morgan fingerprint density at radius 1 is 1.23 bits per heavy atom. The predicted molar refractivity (Wildman–Crippen MR) is 139 cm³/mol. The van der Waals surface area contributed by atoms with Gasteiger partial charge in [0.15, 0.2) is 11.3 Å². The van der Waals surface area contributed by atoms with Gasteiger partial charge in [0.25, 0.3) is 0 Å². The molecule has 0 saturated carbocycles. The fourth-order valence-corrected chi connectivity index (χ4v) is 6.88. The number of nitrogens with two attached hydrogens (primary N) is 1. The highest BCUT2D eigenvalue weighted by Crippen LogP contribution is 2.44. The zero-order chi connectivity index (χ0) is 24.3. The van der Waals surface area contributed by atoms with Gasteiger partial charge in [0.1, 0.15) is 6.73 Å². The van der Waals surface area contributed by atoms with Gasteiger partial charge in [-0.15, -0.1) is 0 Å². The minimum Gasteiger partial charge on any atom is -0.376 e. The maximum Gasteiger partial charge on any atom is 0.213 e. The second-order valence-electron chi connectivity index (χ2n) is 9.38. The van der Waals surface area contributed by atoms with Gasteiger partial charge < -0.3 is 25.0 Å². The lowest BCUT2D eigenvalue weighted by Gasteiger charge is -2.41. The molecule has 184 valence electrons. The summed E-state index contributed by atoms with van der Waals surface area (Å²) in [5.41, 5.74) is 8.01. The third-order valence-electron chi connectivity index (χ3n) is 7.48. The number of fused-ring (bicyclic) bond motifs is 3. The molecule has 0 bridgehead atoms. The first-order valence-corrected chi connectivity index (χ1v) is 13.2. The molecule has 2 saturated heterocycles. The second-order valence-corrected chi connectivity index (χ2v) is 11.3. The minimum atomic E-state index is -0.198. The molecule has 11 heteroatoms. The molecule has 0 aliphatic carbocycles. The monoisotopic (exact) mass is 532 g/mol. The van der Waals surface area contributed by atoms with E-state index in [0.717, 1.165) is 59.3 Å². The van der Waals surface area contributed by atoms with Crippen LogP contribution in [-0.4, -0.2) is 55.9 Å². The molecule has 3 N–H and O–H groups in total. The van der Waals surface area contributed by atoms with E-state index in [4.69, 9.17) is 38.7 Å². The highest BCUT2D eigenvalue weighted by Gasteiger charge is 2.47. The summed E-state index contributed by atoms with van der Waals surface area (Å²) in [5.74, 6) is 0.811. The van der Waals surface area contributed by atoms with Gasteiger partial charge in [-0.1, -0.05) is 41.0 Å². The maximum absolute atomic E-state index is 10.1. The van der Waals surface area contributed by atoms with Crippen molar-refractivity contribution in [3.63, 3.8) is 0 Å². The van der Waals surface area contributed by atoms with Crippen molar-refractivity contribution in [1.82, 2.24) is 18.9 Å². The van der Waals surface area contributed by atoms with Gasteiger partial charge in [-0.05, 0) is 31.9 Å². The number of ether oxygens (including phenoxy) is 1. The topological polar surface area (TPSA) is 93.8 Å². The first-order chi connectivity index (χ1) is 16.9. The van der Waals surface area contributed by atoms with Crippen LogP contribution in [0.3, 0.4) is 0 Å². The van der Waals surface area contributed by atoms with Crippen LogP contribution in [0.1, 0.15) is 19.8 Å². The van der Waals surface area contributed by atoms with Gasteiger partial charge in [-0.25, -0.2) is 4.98 Å². The summed E-state index contributed by atoms with van der Waals surface area (Å²) in [4.78, 5) is 13.7. The van der Waals surface area contributed by atoms with E-state index >= 15 is 0 Å². The zero-order valence-corrected chi connectivity index (χ0v) is 21.5. The lowest BCUT2D eigenvalue weighted by Crippen LogP contribution is -2.51. The number of aliphatic hydroxyl groups is 1. The van der Waals surface area contributed by atoms with Crippen molar-refractivity contribution in [2.45, 2.75) is 48.4 Å². The average molecular weight is 533 g/mol. The standard InChI is InChI=1S/C24H26Cl2N6O2S/c1-14-20(27)24(12-34-14)5-8-30(9-6-24)23-29-22-18(21-28-7-10-32(21)23)17(11-31(22)13-33)35-16-4-2-3-15(25)19(16)26/h2-4,7,10-11,14,20,33H,5-6,8-9,12-13,27H2,1H3/t14-,20+/m0/s1. The molecule has 0 radical (unpaired) electrons. The molecular weight excluding hydrogens is 507 g/mol. The van der Waals surface area contributed by atoms with E-state index in [1.54, 1.807) is 16.8 Å². The normalized spacial score (nSPS) is 22.1. The minimum absolute atomic E-state index is 0.0272. The summed E-state index contributed by atoms with van der Waals surface area (Å²) >= 11 is 14.2. The number of imidazole rings is 1. The van der Waals surface area contributed by atoms with Gasteiger partial charge in [0.2, 0.25) is 5.95 Å². The Kier molecular flexibility index (Phi) is 5.90. The molecule has 2 fully saturated rings. The van der Waals surface area contributed by atoms with Crippen LogP contribution >= 0.6 is 35.0 Å². The summed E-state index contributed by atoms with van der Waals surface area (Å²) in [6.07, 6.45) is 7.59. The lowest BCUT2D eigenvalue weighted by atomic mass is 9.73. The average Bonchev–Trinajstić information content (AvgIpc) is 3.55. The molecule has 2 aliphatic heterocycles. The van der Waals surface area contributed by atoms with E-state index in [1.807, 2.05) is 28.9 Å². The van der Waals surface area contributed by atoms with Crippen LogP contribution in [0.25, 0.3) is 16.7 Å². The van der Waals surface area contributed by atoms with E-state index < -0.39 is 0 Å². The van der Waals surface area contributed by atoms with Crippen LogP contribution in [0, 0.1) is 5.41 Å². The highest BCUT2D eigenvalue weighted by molar-refractivity contribution is 7.99. The molecule has 1 aromatic carbocycles. The molecule has 4 aromatic rings. The summed E-state index contributed by atoms with van der Waals surface area (Å²) in [7, 11) is 0. The molecule has 0 unspecified atom stereocenters. The van der Waals surface area contributed by atoms with Crippen LogP contribution < -0.4 is 10.6 Å². The fourth-order valence-electron chi connectivity index (χ4n) is 5.36. The highest BCUT2D eigenvalue weighted by atomic mass is 35.5. The first-order valence-electron chi connectivity index (χ1n) is 11.6. The largest absolute Gasteiger partial charge is 0.376 e. The number of benzene rings is 1. The van der Waals surface area contributed by atoms with Crippen LogP contribution in [0.2, 0.25) is 10.0 Å². The Labute approximate surface area is 217 Å². The number of anilines is 1. The first kappa shape index (κ1) is 23.4.